The molecule has 2 aromatic rings. The highest BCUT2D eigenvalue weighted by molar-refractivity contribution is 7.10. The molecule has 1 aromatic heterocycles. The number of carbonyl (C=O) groups excluding carboxylic acids is 2. The number of rotatable bonds is 4. The lowest BCUT2D eigenvalue weighted by atomic mass is 10.1. The normalized spacial score (nSPS) is 14.3. The number of carbonyl (C=O) groups is 2. The molecule has 0 radical (unpaired) electrons. The van der Waals surface area contributed by atoms with Gasteiger partial charge in [-0.2, -0.15) is 0 Å². The summed E-state index contributed by atoms with van der Waals surface area (Å²) >= 11 is 7.89. The zero-order valence-electron chi connectivity index (χ0n) is 13.7. The van der Waals surface area contributed by atoms with Crippen molar-refractivity contribution in [2.45, 2.75) is 26.3 Å². The summed E-state index contributed by atoms with van der Waals surface area (Å²) in [4.78, 5) is 29.2. The maximum absolute atomic E-state index is 12.7. The number of hydrogen-bond acceptors (Lipinski definition) is 3. The first-order valence-electron chi connectivity index (χ1n) is 7.85. The summed E-state index contributed by atoms with van der Waals surface area (Å²) in [5.74, 6) is -0.0172. The average Bonchev–Trinajstić information content (AvgIpc) is 3.16. The smallest absolute Gasteiger partial charge is 0.253 e. The quantitative estimate of drug-likeness (QED) is 0.821. The van der Waals surface area contributed by atoms with Crippen molar-refractivity contribution < 1.29 is 9.59 Å². The minimum absolute atomic E-state index is 0.0593. The molecular weight excluding hydrogens is 344 g/mol. The molecule has 1 fully saturated rings. The molecule has 1 saturated heterocycles. The third kappa shape index (κ3) is 3.32. The van der Waals surface area contributed by atoms with Crippen LogP contribution in [0.5, 0.6) is 0 Å². The van der Waals surface area contributed by atoms with Crippen molar-refractivity contribution in [3.63, 3.8) is 0 Å². The fourth-order valence-corrected chi connectivity index (χ4v) is 4.01. The van der Waals surface area contributed by atoms with E-state index in [0.29, 0.717) is 35.8 Å². The maximum atomic E-state index is 12.7. The van der Waals surface area contributed by atoms with Crippen LogP contribution in [0.1, 0.15) is 33.6 Å². The number of anilines is 1. The molecule has 0 N–H and O–H groups in total. The van der Waals surface area contributed by atoms with Gasteiger partial charge in [-0.1, -0.05) is 11.6 Å². The molecule has 1 aliphatic heterocycles. The number of halogens is 1. The summed E-state index contributed by atoms with van der Waals surface area (Å²) in [6.45, 7) is 3.27. The minimum Gasteiger partial charge on any atom is -0.337 e. The largest absolute Gasteiger partial charge is 0.337 e. The van der Waals surface area contributed by atoms with Gasteiger partial charge in [0.15, 0.2) is 0 Å². The molecule has 2 amide bonds. The average molecular weight is 363 g/mol. The Morgan fingerprint density at radius 1 is 1.38 bits per heavy atom. The molecule has 1 aliphatic rings. The Morgan fingerprint density at radius 2 is 2.17 bits per heavy atom. The summed E-state index contributed by atoms with van der Waals surface area (Å²) in [5.41, 5.74) is 2.37. The topological polar surface area (TPSA) is 40.6 Å². The summed E-state index contributed by atoms with van der Waals surface area (Å²) in [6, 6.07) is 7.19. The first kappa shape index (κ1) is 17.0. The molecular formula is C18H19ClN2O2S. The SMILES string of the molecule is Cc1ccsc1CN(C)C(=O)c1ccc(Cl)c(N2CCCC2=O)c1. The fourth-order valence-electron chi connectivity index (χ4n) is 2.83. The van der Waals surface area contributed by atoms with Gasteiger partial charge in [0.1, 0.15) is 0 Å². The monoisotopic (exact) mass is 362 g/mol. The Morgan fingerprint density at radius 3 is 2.79 bits per heavy atom. The molecule has 126 valence electrons. The standard InChI is InChI=1S/C18H19ClN2O2S/c1-12-7-9-24-16(12)11-20(2)18(23)13-5-6-14(19)15(10-13)21-8-3-4-17(21)22/h5-7,9-10H,3-4,8,11H2,1-2H3. The van der Waals surface area contributed by atoms with Gasteiger partial charge in [0.2, 0.25) is 5.91 Å². The summed E-state index contributed by atoms with van der Waals surface area (Å²) < 4.78 is 0. The molecule has 4 nitrogen and oxygen atoms in total. The van der Waals surface area contributed by atoms with Gasteiger partial charge in [-0.25, -0.2) is 0 Å². The first-order chi connectivity index (χ1) is 11.5. The Labute approximate surface area is 150 Å². The van der Waals surface area contributed by atoms with Crippen LogP contribution in [-0.2, 0) is 11.3 Å². The van der Waals surface area contributed by atoms with E-state index >= 15 is 0 Å². The second-order valence-electron chi connectivity index (χ2n) is 6.00. The molecule has 3 rings (SSSR count). The lowest BCUT2D eigenvalue weighted by molar-refractivity contribution is -0.117. The number of benzene rings is 1. The first-order valence-corrected chi connectivity index (χ1v) is 9.11. The zero-order chi connectivity index (χ0) is 17.3. The van der Waals surface area contributed by atoms with Crippen LogP contribution in [0.4, 0.5) is 5.69 Å². The molecule has 0 atom stereocenters. The number of aryl methyl sites for hydroxylation is 1. The van der Waals surface area contributed by atoms with Crippen LogP contribution < -0.4 is 4.90 Å². The van der Waals surface area contributed by atoms with Crippen LogP contribution in [0, 0.1) is 6.92 Å². The number of amides is 2. The second-order valence-corrected chi connectivity index (χ2v) is 7.41. The van der Waals surface area contributed by atoms with Crippen molar-refractivity contribution in [3.05, 3.63) is 50.7 Å². The van der Waals surface area contributed by atoms with E-state index < -0.39 is 0 Å². The van der Waals surface area contributed by atoms with E-state index in [-0.39, 0.29) is 11.8 Å². The van der Waals surface area contributed by atoms with E-state index in [4.69, 9.17) is 11.6 Å². The Balaban J connectivity index is 1.82. The van der Waals surface area contributed by atoms with Crippen LogP contribution in [-0.4, -0.2) is 30.3 Å². The van der Waals surface area contributed by atoms with Crippen LogP contribution in [0.2, 0.25) is 5.02 Å². The second kappa shape index (κ2) is 6.95. The van der Waals surface area contributed by atoms with E-state index in [0.717, 1.165) is 6.42 Å². The molecule has 24 heavy (non-hydrogen) atoms. The maximum Gasteiger partial charge on any atom is 0.253 e. The van der Waals surface area contributed by atoms with Gasteiger partial charge in [-0.15, -0.1) is 11.3 Å². The van der Waals surface area contributed by atoms with Gasteiger partial charge in [0, 0.05) is 30.5 Å². The van der Waals surface area contributed by atoms with E-state index in [9.17, 15) is 9.59 Å². The highest BCUT2D eigenvalue weighted by Crippen LogP contribution is 2.31. The summed E-state index contributed by atoms with van der Waals surface area (Å²) in [7, 11) is 1.79. The molecule has 6 heteroatoms. The Bertz CT molecular complexity index is 787. The molecule has 0 spiro atoms. The minimum atomic E-state index is -0.0765. The predicted octanol–water partition coefficient (Wildman–Crippen LogP) is 4.11. The lowest BCUT2D eigenvalue weighted by Crippen LogP contribution is -2.27. The van der Waals surface area contributed by atoms with Crippen molar-refractivity contribution in [2.75, 3.05) is 18.5 Å². The zero-order valence-corrected chi connectivity index (χ0v) is 15.3. The van der Waals surface area contributed by atoms with Gasteiger partial charge in [0.05, 0.1) is 17.3 Å². The highest BCUT2D eigenvalue weighted by atomic mass is 35.5. The molecule has 1 aromatic carbocycles. The van der Waals surface area contributed by atoms with Gasteiger partial charge < -0.3 is 9.80 Å². The molecule has 0 saturated carbocycles. The van der Waals surface area contributed by atoms with Crippen molar-refractivity contribution >= 4 is 40.4 Å². The molecule has 2 heterocycles. The van der Waals surface area contributed by atoms with Crippen LogP contribution in [0.3, 0.4) is 0 Å². The van der Waals surface area contributed by atoms with E-state index in [1.54, 1.807) is 46.4 Å². The number of hydrogen-bond donors (Lipinski definition) is 0. The van der Waals surface area contributed by atoms with Gasteiger partial charge >= 0.3 is 0 Å². The van der Waals surface area contributed by atoms with Crippen molar-refractivity contribution in [1.29, 1.82) is 0 Å². The Hall–Kier alpha value is -1.85. The third-order valence-electron chi connectivity index (χ3n) is 4.25. The van der Waals surface area contributed by atoms with E-state index in [1.165, 1.54) is 10.4 Å². The van der Waals surface area contributed by atoms with Crippen molar-refractivity contribution in [1.82, 2.24) is 4.90 Å². The lowest BCUT2D eigenvalue weighted by Gasteiger charge is -2.21. The number of thiophene rings is 1. The van der Waals surface area contributed by atoms with Crippen molar-refractivity contribution in [2.24, 2.45) is 0 Å². The van der Waals surface area contributed by atoms with Gasteiger partial charge in [0.25, 0.3) is 5.91 Å². The fraction of sp³-hybridized carbons (Fsp3) is 0.333. The summed E-state index contributed by atoms with van der Waals surface area (Å²) in [5, 5.41) is 2.53. The Kier molecular flexibility index (Phi) is 4.92. The van der Waals surface area contributed by atoms with E-state index in [1.807, 2.05) is 12.3 Å². The van der Waals surface area contributed by atoms with Crippen LogP contribution >= 0.6 is 22.9 Å². The van der Waals surface area contributed by atoms with Crippen molar-refractivity contribution in [3.8, 4) is 0 Å². The van der Waals surface area contributed by atoms with Crippen LogP contribution in [0.25, 0.3) is 0 Å². The third-order valence-corrected chi connectivity index (χ3v) is 5.58. The molecule has 0 unspecified atom stereocenters. The molecule has 0 aliphatic carbocycles. The van der Waals surface area contributed by atoms with Gasteiger partial charge in [-0.05, 0) is 48.6 Å². The van der Waals surface area contributed by atoms with E-state index in [2.05, 4.69) is 6.07 Å². The summed E-state index contributed by atoms with van der Waals surface area (Å²) in [6.07, 6.45) is 1.36. The predicted molar refractivity (Wildman–Crippen MR) is 97.9 cm³/mol. The number of nitrogens with zero attached hydrogens (tertiary/aromatic N) is 2. The van der Waals surface area contributed by atoms with Gasteiger partial charge in [-0.3, -0.25) is 9.59 Å². The van der Waals surface area contributed by atoms with Crippen LogP contribution in [0.15, 0.2) is 29.6 Å². The highest BCUT2D eigenvalue weighted by Gasteiger charge is 2.25. The molecule has 0 bridgehead atoms.